The third-order valence-electron chi connectivity index (χ3n) is 2.75. The Morgan fingerprint density at radius 3 is 3.00 bits per heavy atom. The first-order valence-electron chi connectivity index (χ1n) is 5.17. The summed E-state index contributed by atoms with van der Waals surface area (Å²) in [5.41, 5.74) is 0.556. The van der Waals surface area contributed by atoms with Gasteiger partial charge >= 0.3 is 0 Å². The number of amides is 1. The standard InChI is InChI=1S/C11H14N2OS/c1-7(8-4-5-8)13-10(14)9-3-2-6-12-11(9)15/h2-3,6-8H,4-5H2,1H3,(H,12,15)(H,13,14)/t7-/m0/s1. The van der Waals surface area contributed by atoms with Gasteiger partial charge in [0.1, 0.15) is 4.64 Å². The van der Waals surface area contributed by atoms with Gasteiger partial charge in [0.2, 0.25) is 0 Å². The smallest absolute Gasteiger partial charge is 0.254 e. The Hall–Kier alpha value is -1.16. The summed E-state index contributed by atoms with van der Waals surface area (Å²) >= 11 is 5.05. The molecule has 4 heteroatoms. The van der Waals surface area contributed by atoms with Crippen molar-refractivity contribution in [3.05, 3.63) is 28.5 Å². The zero-order valence-electron chi connectivity index (χ0n) is 8.62. The number of pyridine rings is 1. The molecule has 1 fully saturated rings. The molecular formula is C11H14N2OS. The van der Waals surface area contributed by atoms with E-state index >= 15 is 0 Å². The lowest BCUT2D eigenvalue weighted by atomic mass is 10.2. The molecule has 1 aliphatic rings. The van der Waals surface area contributed by atoms with Crippen molar-refractivity contribution in [3.63, 3.8) is 0 Å². The average Bonchev–Trinajstić information content (AvgIpc) is 3.01. The highest BCUT2D eigenvalue weighted by molar-refractivity contribution is 7.71. The molecule has 0 radical (unpaired) electrons. The summed E-state index contributed by atoms with van der Waals surface area (Å²) in [5, 5.41) is 2.97. The summed E-state index contributed by atoms with van der Waals surface area (Å²) in [6.07, 6.45) is 4.18. The van der Waals surface area contributed by atoms with E-state index in [0.29, 0.717) is 16.1 Å². The molecule has 2 rings (SSSR count). The van der Waals surface area contributed by atoms with Crippen LogP contribution in [0.5, 0.6) is 0 Å². The van der Waals surface area contributed by atoms with E-state index in [0.717, 1.165) is 0 Å². The van der Waals surface area contributed by atoms with Crippen LogP contribution < -0.4 is 5.32 Å². The van der Waals surface area contributed by atoms with Crippen LogP contribution in [-0.2, 0) is 0 Å². The molecule has 0 aliphatic heterocycles. The van der Waals surface area contributed by atoms with E-state index in [9.17, 15) is 4.79 Å². The van der Waals surface area contributed by atoms with E-state index in [1.165, 1.54) is 12.8 Å². The molecule has 0 unspecified atom stereocenters. The van der Waals surface area contributed by atoms with Crippen molar-refractivity contribution < 1.29 is 4.79 Å². The molecular weight excluding hydrogens is 208 g/mol. The Balaban J connectivity index is 2.07. The molecule has 80 valence electrons. The quantitative estimate of drug-likeness (QED) is 0.771. The largest absolute Gasteiger partial charge is 0.352 e. The molecule has 1 heterocycles. The zero-order valence-corrected chi connectivity index (χ0v) is 9.43. The van der Waals surface area contributed by atoms with E-state index in [1.807, 2.05) is 6.92 Å². The van der Waals surface area contributed by atoms with Gasteiger partial charge < -0.3 is 10.3 Å². The van der Waals surface area contributed by atoms with Crippen LogP contribution in [0.2, 0.25) is 0 Å². The summed E-state index contributed by atoms with van der Waals surface area (Å²) < 4.78 is 0.498. The van der Waals surface area contributed by atoms with Gasteiger partial charge in [0, 0.05) is 12.2 Å². The minimum Gasteiger partial charge on any atom is -0.352 e. The molecule has 1 amide bonds. The van der Waals surface area contributed by atoms with Crippen molar-refractivity contribution in [2.45, 2.75) is 25.8 Å². The summed E-state index contributed by atoms with van der Waals surface area (Å²) in [6, 6.07) is 3.78. The lowest BCUT2D eigenvalue weighted by molar-refractivity contribution is 0.0935. The van der Waals surface area contributed by atoms with Crippen molar-refractivity contribution in [2.75, 3.05) is 0 Å². The monoisotopic (exact) mass is 222 g/mol. The van der Waals surface area contributed by atoms with E-state index in [1.54, 1.807) is 18.3 Å². The van der Waals surface area contributed by atoms with Crippen molar-refractivity contribution >= 4 is 18.1 Å². The highest BCUT2D eigenvalue weighted by atomic mass is 32.1. The van der Waals surface area contributed by atoms with E-state index in [2.05, 4.69) is 10.3 Å². The molecule has 1 aliphatic carbocycles. The van der Waals surface area contributed by atoms with Gasteiger partial charge in [0.05, 0.1) is 5.56 Å². The maximum Gasteiger partial charge on any atom is 0.254 e. The first kappa shape index (κ1) is 10.4. The topological polar surface area (TPSA) is 44.9 Å². The van der Waals surface area contributed by atoms with Gasteiger partial charge in [-0.25, -0.2) is 0 Å². The average molecular weight is 222 g/mol. The Labute approximate surface area is 93.9 Å². The van der Waals surface area contributed by atoms with Crippen molar-refractivity contribution in [3.8, 4) is 0 Å². The minimum absolute atomic E-state index is 0.0729. The van der Waals surface area contributed by atoms with Gasteiger partial charge in [0.25, 0.3) is 5.91 Å². The lowest BCUT2D eigenvalue weighted by Gasteiger charge is -2.12. The lowest BCUT2D eigenvalue weighted by Crippen LogP contribution is -2.34. The second-order valence-electron chi connectivity index (χ2n) is 4.01. The first-order valence-corrected chi connectivity index (χ1v) is 5.58. The van der Waals surface area contributed by atoms with Gasteiger partial charge in [-0.15, -0.1) is 0 Å². The zero-order chi connectivity index (χ0) is 10.8. The van der Waals surface area contributed by atoms with Crippen molar-refractivity contribution in [1.29, 1.82) is 0 Å². The maximum atomic E-state index is 11.8. The number of aromatic nitrogens is 1. The predicted octanol–water partition coefficient (Wildman–Crippen LogP) is 2.27. The summed E-state index contributed by atoms with van der Waals surface area (Å²) in [6.45, 7) is 2.05. The Morgan fingerprint density at radius 1 is 1.67 bits per heavy atom. The van der Waals surface area contributed by atoms with Gasteiger partial charge in [-0.3, -0.25) is 4.79 Å². The van der Waals surface area contributed by atoms with Gasteiger partial charge in [-0.05, 0) is 37.8 Å². The summed E-state index contributed by atoms with van der Waals surface area (Å²) in [7, 11) is 0. The van der Waals surface area contributed by atoms with Crippen molar-refractivity contribution in [2.24, 2.45) is 5.92 Å². The Bertz CT molecular complexity index is 423. The highest BCUT2D eigenvalue weighted by Gasteiger charge is 2.29. The first-order chi connectivity index (χ1) is 7.18. The second kappa shape index (κ2) is 4.14. The third kappa shape index (κ3) is 2.45. The van der Waals surface area contributed by atoms with E-state index < -0.39 is 0 Å². The highest BCUT2D eigenvalue weighted by Crippen LogP contribution is 2.32. The number of H-pyrrole nitrogens is 1. The molecule has 0 spiro atoms. The number of carbonyl (C=O) groups is 1. The molecule has 0 saturated heterocycles. The fourth-order valence-corrected chi connectivity index (χ4v) is 1.83. The predicted molar refractivity (Wildman–Crippen MR) is 61.3 cm³/mol. The van der Waals surface area contributed by atoms with Crippen LogP contribution in [0.3, 0.4) is 0 Å². The number of hydrogen-bond acceptors (Lipinski definition) is 2. The maximum absolute atomic E-state index is 11.8. The number of nitrogens with one attached hydrogen (secondary N) is 2. The van der Waals surface area contributed by atoms with E-state index in [4.69, 9.17) is 12.2 Å². The Morgan fingerprint density at radius 2 is 2.40 bits per heavy atom. The van der Waals surface area contributed by atoms with Crippen LogP contribution in [0.4, 0.5) is 0 Å². The molecule has 1 aromatic heterocycles. The number of carbonyl (C=O) groups excluding carboxylic acids is 1. The molecule has 0 aromatic carbocycles. The van der Waals surface area contributed by atoms with Gasteiger partial charge in [0.15, 0.2) is 0 Å². The molecule has 1 atom stereocenters. The molecule has 3 nitrogen and oxygen atoms in total. The number of hydrogen-bond donors (Lipinski definition) is 2. The van der Waals surface area contributed by atoms with Crippen LogP contribution in [-0.4, -0.2) is 16.9 Å². The Kier molecular flexibility index (Phi) is 2.86. The van der Waals surface area contributed by atoms with Crippen LogP contribution in [0.25, 0.3) is 0 Å². The second-order valence-corrected chi connectivity index (χ2v) is 4.42. The van der Waals surface area contributed by atoms with Crippen LogP contribution >= 0.6 is 12.2 Å². The molecule has 1 saturated carbocycles. The fourth-order valence-electron chi connectivity index (χ4n) is 1.60. The SMILES string of the molecule is C[C@H](NC(=O)c1ccc[nH]c1=S)C1CC1. The van der Waals surface area contributed by atoms with Crippen LogP contribution in [0.1, 0.15) is 30.1 Å². The van der Waals surface area contributed by atoms with Crippen LogP contribution in [0, 0.1) is 10.6 Å². The minimum atomic E-state index is -0.0729. The van der Waals surface area contributed by atoms with E-state index in [-0.39, 0.29) is 11.9 Å². The number of rotatable bonds is 3. The summed E-state index contributed by atoms with van der Waals surface area (Å²) in [5.74, 6) is 0.589. The van der Waals surface area contributed by atoms with Crippen LogP contribution in [0.15, 0.2) is 18.3 Å². The molecule has 15 heavy (non-hydrogen) atoms. The number of aromatic amines is 1. The summed E-state index contributed by atoms with van der Waals surface area (Å²) in [4.78, 5) is 14.7. The van der Waals surface area contributed by atoms with Gasteiger partial charge in [-0.1, -0.05) is 12.2 Å². The molecule has 2 N–H and O–H groups in total. The molecule has 1 aromatic rings. The third-order valence-corrected chi connectivity index (χ3v) is 3.09. The fraction of sp³-hybridized carbons (Fsp3) is 0.455. The van der Waals surface area contributed by atoms with Gasteiger partial charge in [-0.2, -0.15) is 0 Å². The molecule has 0 bridgehead atoms. The van der Waals surface area contributed by atoms with Crippen molar-refractivity contribution in [1.82, 2.24) is 10.3 Å². The normalized spacial score (nSPS) is 17.1.